The third-order valence-electron chi connectivity index (χ3n) is 2.14. The highest BCUT2D eigenvalue weighted by atomic mass is 35.5. The van der Waals surface area contributed by atoms with Gasteiger partial charge in [0.05, 0.1) is 12.0 Å². The van der Waals surface area contributed by atoms with Crippen LogP contribution in [0.2, 0.25) is 0 Å². The first-order chi connectivity index (χ1) is 8.11. The molecule has 0 radical (unpaired) electrons. The number of alkyl halides is 1. The fourth-order valence-corrected chi connectivity index (χ4v) is 1.33. The number of rotatable bonds is 6. The minimum Gasteiger partial charge on any atom is -0.390 e. The highest BCUT2D eigenvalue weighted by molar-refractivity contribution is 6.18. The number of amides is 2. The van der Waals surface area contributed by atoms with Gasteiger partial charge in [0.15, 0.2) is 0 Å². The first-order valence-corrected chi connectivity index (χ1v) is 5.75. The maximum Gasteiger partial charge on any atom is 0.312 e. The summed E-state index contributed by atoms with van der Waals surface area (Å²) in [4.78, 5) is 10.5. The summed E-state index contributed by atoms with van der Waals surface area (Å²) in [5, 5.41) is 14.8. The van der Waals surface area contributed by atoms with E-state index in [1.807, 2.05) is 24.3 Å². The Morgan fingerprint density at radius 2 is 2.06 bits per heavy atom. The Hall–Kier alpha value is -1.46. The van der Waals surface area contributed by atoms with Crippen LogP contribution >= 0.6 is 11.6 Å². The minimum atomic E-state index is -0.562. The van der Waals surface area contributed by atoms with Crippen LogP contribution in [-0.4, -0.2) is 29.7 Å². The lowest BCUT2D eigenvalue weighted by Crippen LogP contribution is -2.28. The summed E-state index contributed by atoms with van der Waals surface area (Å²) < 4.78 is 0. The van der Waals surface area contributed by atoms with E-state index in [-0.39, 0.29) is 5.88 Å². The topological polar surface area (TPSA) is 87.4 Å². The largest absolute Gasteiger partial charge is 0.390 e. The van der Waals surface area contributed by atoms with E-state index in [0.717, 1.165) is 11.3 Å². The molecule has 6 heteroatoms. The molecule has 0 bridgehead atoms. The molecule has 94 valence electrons. The first kappa shape index (κ1) is 13.6. The maximum absolute atomic E-state index is 10.5. The van der Waals surface area contributed by atoms with Gasteiger partial charge in [-0.25, -0.2) is 4.79 Å². The van der Waals surface area contributed by atoms with Crippen molar-refractivity contribution in [2.45, 2.75) is 12.6 Å². The van der Waals surface area contributed by atoms with E-state index in [0.29, 0.717) is 13.1 Å². The monoisotopic (exact) mass is 257 g/mol. The van der Waals surface area contributed by atoms with Gasteiger partial charge in [-0.3, -0.25) is 0 Å². The third kappa shape index (κ3) is 5.42. The number of hydrogen-bond acceptors (Lipinski definition) is 3. The van der Waals surface area contributed by atoms with Crippen molar-refractivity contribution in [2.75, 3.05) is 17.7 Å². The minimum absolute atomic E-state index is 0.202. The summed E-state index contributed by atoms with van der Waals surface area (Å²) >= 11 is 5.47. The number of aliphatic hydroxyl groups excluding tert-OH is 1. The van der Waals surface area contributed by atoms with Crippen LogP contribution in [0.3, 0.4) is 0 Å². The second-order valence-corrected chi connectivity index (χ2v) is 3.91. The van der Waals surface area contributed by atoms with Gasteiger partial charge in [-0.15, -0.1) is 11.6 Å². The van der Waals surface area contributed by atoms with Crippen molar-refractivity contribution >= 4 is 23.3 Å². The molecule has 0 aliphatic rings. The summed E-state index contributed by atoms with van der Waals surface area (Å²) in [6.45, 7) is 0.808. The molecule has 0 saturated heterocycles. The van der Waals surface area contributed by atoms with Crippen molar-refractivity contribution in [1.82, 2.24) is 5.32 Å². The zero-order valence-corrected chi connectivity index (χ0v) is 10.1. The van der Waals surface area contributed by atoms with Crippen molar-refractivity contribution in [3.8, 4) is 0 Å². The van der Waals surface area contributed by atoms with E-state index in [9.17, 15) is 9.90 Å². The van der Waals surface area contributed by atoms with E-state index in [2.05, 4.69) is 10.6 Å². The Bertz CT molecular complexity index is 356. The second kappa shape index (κ2) is 6.98. The summed E-state index contributed by atoms with van der Waals surface area (Å²) in [6.07, 6.45) is -0.562. The fraction of sp³-hybridized carbons (Fsp3) is 0.364. The van der Waals surface area contributed by atoms with E-state index < -0.39 is 12.1 Å². The molecule has 0 saturated carbocycles. The number of nitrogens with one attached hydrogen (secondary N) is 2. The molecular weight excluding hydrogens is 242 g/mol. The molecule has 1 aromatic rings. The normalized spacial score (nSPS) is 11.9. The van der Waals surface area contributed by atoms with Crippen molar-refractivity contribution in [1.29, 1.82) is 0 Å². The number of primary amides is 1. The SMILES string of the molecule is NC(=O)NCc1ccc(NCC(O)CCl)cc1. The lowest BCUT2D eigenvalue weighted by molar-refractivity contribution is 0.211. The summed E-state index contributed by atoms with van der Waals surface area (Å²) in [7, 11) is 0. The van der Waals surface area contributed by atoms with Crippen LogP contribution in [0.5, 0.6) is 0 Å². The molecule has 0 fully saturated rings. The smallest absolute Gasteiger partial charge is 0.312 e. The molecule has 0 spiro atoms. The Morgan fingerprint density at radius 3 is 2.59 bits per heavy atom. The van der Waals surface area contributed by atoms with E-state index in [1.54, 1.807) is 0 Å². The average Bonchev–Trinajstić information content (AvgIpc) is 2.34. The molecule has 0 heterocycles. The lowest BCUT2D eigenvalue weighted by atomic mass is 10.2. The molecule has 2 amide bonds. The van der Waals surface area contributed by atoms with Crippen molar-refractivity contribution in [3.05, 3.63) is 29.8 Å². The van der Waals surface area contributed by atoms with Crippen LogP contribution in [0.1, 0.15) is 5.56 Å². The van der Waals surface area contributed by atoms with Crippen LogP contribution in [0.25, 0.3) is 0 Å². The predicted molar refractivity (Wildman–Crippen MR) is 68.1 cm³/mol. The predicted octanol–water partition coefficient (Wildman–Crippen LogP) is 0.866. The molecule has 1 rings (SSSR count). The summed E-state index contributed by atoms with van der Waals surface area (Å²) in [6, 6.07) is 6.91. The first-order valence-electron chi connectivity index (χ1n) is 5.22. The molecule has 5 N–H and O–H groups in total. The van der Waals surface area contributed by atoms with Crippen LogP contribution in [0.15, 0.2) is 24.3 Å². The van der Waals surface area contributed by atoms with Gasteiger partial charge in [0.1, 0.15) is 0 Å². The Morgan fingerprint density at radius 1 is 1.41 bits per heavy atom. The number of nitrogens with two attached hydrogens (primary N) is 1. The summed E-state index contributed by atoms with van der Waals surface area (Å²) in [5.74, 6) is 0.202. The van der Waals surface area contributed by atoms with Crippen LogP contribution < -0.4 is 16.4 Å². The van der Waals surface area contributed by atoms with Gasteiger partial charge in [0, 0.05) is 18.8 Å². The number of halogens is 1. The molecule has 17 heavy (non-hydrogen) atoms. The molecule has 1 aromatic carbocycles. The van der Waals surface area contributed by atoms with Crippen molar-refractivity contribution < 1.29 is 9.90 Å². The maximum atomic E-state index is 10.5. The Labute approximate surface area is 105 Å². The van der Waals surface area contributed by atoms with Crippen LogP contribution in [0, 0.1) is 0 Å². The molecular formula is C11H16ClN3O2. The van der Waals surface area contributed by atoms with Gasteiger partial charge in [-0.1, -0.05) is 12.1 Å². The van der Waals surface area contributed by atoms with Gasteiger partial charge in [-0.2, -0.15) is 0 Å². The van der Waals surface area contributed by atoms with Gasteiger partial charge in [0.25, 0.3) is 0 Å². The third-order valence-corrected chi connectivity index (χ3v) is 2.50. The molecule has 0 aliphatic carbocycles. The molecule has 0 aliphatic heterocycles. The number of benzene rings is 1. The molecule has 1 atom stereocenters. The highest BCUT2D eigenvalue weighted by Crippen LogP contribution is 2.09. The van der Waals surface area contributed by atoms with E-state index in [4.69, 9.17) is 17.3 Å². The van der Waals surface area contributed by atoms with Crippen LogP contribution in [-0.2, 0) is 6.54 Å². The van der Waals surface area contributed by atoms with Gasteiger partial charge < -0.3 is 21.5 Å². The average molecular weight is 258 g/mol. The standard InChI is InChI=1S/C11H16ClN3O2/c12-5-10(16)7-14-9-3-1-8(2-4-9)6-15-11(13)17/h1-4,10,14,16H,5-7H2,(H3,13,15,17). The van der Waals surface area contributed by atoms with Crippen LogP contribution in [0.4, 0.5) is 10.5 Å². The van der Waals surface area contributed by atoms with E-state index >= 15 is 0 Å². The number of carbonyl (C=O) groups is 1. The van der Waals surface area contributed by atoms with Crippen molar-refractivity contribution in [3.63, 3.8) is 0 Å². The number of carbonyl (C=O) groups excluding carboxylic acids is 1. The number of anilines is 1. The van der Waals surface area contributed by atoms with Gasteiger partial charge in [0.2, 0.25) is 0 Å². The molecule has 5 nitrogen and oxygen atoms in total. The number of urea groups is 1. The van der Waals surface area contributed by atoms with Gasteiger partial charge >= 0.3 is 6.03 Å². The van der Waals surface area contributed by atoms with E-state index in [1.165, 1.54) is 0 Å². The summed E-state index contributed by atoms with van der Waals surface area (Å²) in [5.41, 5.74) is 6.80. The number of aliphatic hydroxyl groups is 1. The van der Waals surface area contributed by atoms with Crippen molar-refractivity contribution in [2.24, 2.45) is 5.73 Å². The molecule has 0 aromatic heterocycles. The highest BCUT2D eigenvalue weighted by Gasteiger charge is 2.01. The Balaban J connectivity index is 2.41. The zero-order valence-electron chi connectivity index (χ0n) is 9.32. The molecule has 1 unspecified atom stereocenters. The van der Waals surface area contributed by atoms with Gasteiger partial charge in [-0.05, 0) is 17.7 Å². The lowest BCUT2D eigenvalue weighted by Gasteiger charge is -2.10. The fourth-order valence-electron chi connectivity index (χ4n) is 1.22. The quantitative estimate of drug-likeness (QED) is 0.570. The number of hydrogen-bond donors (Lipinski definition) is 4. The zero-order chi connectivity index (χ0) is 12.7. The second-order valence-electron chi connectivity index (χ2n) is 3.60. The Kier molecular flexibility index (Phi) is 5.59.